The number of thiophene rings is 1. The Labute approximate surface area is 120 Å². The van der Waals surface area contributed by atoms with Gasteiger partial charge in [0.2, 0.25) is 5.28 Å². The van der Waals surface area contributed by atoms with E-state index in [1.165, 1.54) is 11.1 Å². The lowest BCUT2D eigenvalue weighted by Crippen LogP contribution is -2.15. The van der Waals surface area contributed by atoms with Crippen LogP contribution in [0.3, 0.4) is 0 Å². The minimum Gasteiger partial charge on any atom is -0.368 e. The molecule has 0 aliphatic rings. The van der Waals surface area contributed by atoms with Crippen molar-refractivity contribution in [3.05, 3.63) is 16.2 Å². The molecule has 8 heteroatoms. The lowest BCUT2D eigenvalue weighted by Gasteiger charge is -2.05. The number of fused-ring (bicyclic) bond motifs is 1. The minimum absolute atomic E-state index is 0.0564. The van der Waals surface area contributed by atoms with Gasteiger partial charge in [0.15, 0.2) is 0 Å². The van der Waals surface area contributed by atoms with E-state index in [4.69, 9.17) is 11.6 Å². The van der Waals surface area contributed by atoms with Gasteiger partial charge in [-0.2, -0.15) is 0 Å². The monoisotopic (exact) mass is 319 g/mol. The van der Waals surface area contributed by atoms with Gasteiger partial charge >= 0.3 is 0 Å². The number of hydrogen-bond donors (Lipinski definition) is 1. The maximum absolute atomic E-state index is 11.1. The van der Waals surface area contributed by atoms with Crippen LogP contribution in [-0.4, -0.2) is 36.9 Å². The molecule has 104 valence electrons. The second kappa shape index (κ2) is 5.60. The number of nitrogens with zero attached hydrogens (tertiary/aromatic N) is 2. The Balaban J connectivity index is 2.28. The first-order valence-corrected chi connectivity index (χ1v) is 9.02. The molecule has 0 saturated heterocycles. The highest BCUT2D eigenvalue weighted by atomic mass is 35.5. The van der Waals surface area contributed by atoms with Gasteiger partial charge in [-0.15, -0.1) is 11.3 Å². The van der Waals surface area contributed by atoms with E-state index in [0.717, 1.165) is 16.6 Å². The van der Waals surface area contributed by atoms with Crippen molar-refractivity contribution in [2.45, 2.75) is 13.3 Å². The second-order valence-electron chi connectivity index (χ2n) is 4.18. The Morgan fingerprint density at radius 2 is 2.16 bits per heavy atom. The summed E-state index contributed by atoms with van der Waals surface area (Å²) in [5, 5.41) is 4.07. The summed E-state index contributed by atoms with van der Waals surface area (Å²) in [7, 11) is -2.99. The van der Waals surface area contributed by atoms with Crippen molar-refractivity contribution in [2.75, 3.05) is 23.9 Å². The van der Waals surface area contributed by atoms with Crippen molar-refractivity contribution < 1.29 is 8.42 Å². The average Bonchev–Trinajstić information content (AvgIpc) is 2.70. The van der Waals surface area contributed by atoms with E-state index < -0.39 is 9.84 Å². The molecule has 0 aliphatic carbocycles. The minimum atomic E-state index is -2.99. The van der Waals surface area contributed by atoms with Gasteiger partial charge in [0.05, 0.1) is 11.1 Å². The molecule has 0 amide bonds. The standard InChI is InChI=1S/C11H14ClN3O2S2/c1-3-7-6-8-9(13-4-5-19(2,16)17)14-11(12)15-10(8)18-7/h6H,3-5H2,1-2H3,(H,13,14,15). The zero-order valence-electron chi connectivity index (χ0n) is 10.6. The summed E-state index contributed by atoms with van der Waals surface area (Å²) in [4.78, 5) is 10.3. The number of nitrogens with one attached hydrogen (secondary N) is 1. The van der Waals surface area contributed by atoms with Crippen LogP contribution in [0.4, 0.5) is 5.82 Å². The summed E-state index contributed by atoms with van der Waals surface area (Å²) in [6.07, 6.45) is 2.12. The van der Waals surface area contributed by atoms with Crippen LogP contribution >= 0.6 is 22.9 Å². The summed E-state index contributed by atoms with van der Waals surface area (Å²) < 4.78 is 22.2. The van der Waals surface area contributed by atoms with E-state index in [1.54, 1.807) is 11.3 Å². The lowest BCUT2D eigenvalue weighted by atomic mass is 10.3. The molecule has 2 aromatic rings. The van der Waals surface area contributed by atoms with Crippen LogP contribution in [-0.2, 0) is 16.3 Å². The normalized spacial score (nSPS) is 11.9. The summed E-state index contributed by atoms with van der Waals surface area (Å²) in [5.41, 5.74) is 0. The van der Waals surface area contributed by atoms with Crippen LogP contribution in [0.2, 0.25) is 5.28 Å². The molecule has 0 saturated carbocycles. The zero-order valence-corrected chi connectivity index (χ0v) is 13.0. The molecular weight excluding hydrogens is 306 g/mol. The fourth-order valence-electron chi connectivity index (χ4n) is 1.61. The van der Waals surface area contributed by atoms with Crippen molar-refractivity contribution in [3.8, 4) is 0 Å². The van der Waals surface area contributed by atoms with E-state index >= 15 is 0 Å². The summed E-state index contributed by atoms with van der Waals surface area (Å²) in [5.74, 6) is 0.649. The number of hydrogen-bond acceptors (Lipinski definition) is 6. The third-order valence-electron chi connectivity index (χ3n) is 2.53. The molecule has 0 bridgehead atoms. The fraction of sp³-hybridized carbons (Fsp3) is 0.455. The van der Waals surface area contributed by atoms with Gasteiger partial charge < -0.3 is 5.32 Å². The molecule has 0 atom stereocenters. The van der Waals surface area contributed by atoms with E-state index in [-0.39, 0.29) is 11.0 Å². The summed E-state index contributed by atoms with van der Waals surface area (Å²) in [6, 6.07) is 2.01. The molecule has 0 radical (unpaired) electrons. The Morgan fingerprint density at radius 3 is 2.79 bits per heavy atom. The second-order valence-corrected chi connectivity index (χ2v) is 7.90. The van der Waals surface area contributed by atoms with Gasteiger partial charge in [-0.25, -0.2) is 18.4 Å². The van der Waals surface area contributed by atoms with Crippen molar-refractivity contribution in [2.24, 2.45) is 0 Å². The highest BCUT2D eigenvalue weighted by molar-refractivity contribution is 7.90. The van der Waals surface area contributed by atoms with Gasteiger partial charge in [-0.3, -0.25) is 0 Å². The molecular formula is C11H14ClN3O2S2. The molecule has 2 aromatic heterocycles. The number of aromatic nitrogens is 2. The van der Waals surface area contributed by atoms with Crippen LogP contribution in [0.15, 0.2) is 6.07 Å². The van der Waals surface area contributed by atoms with Gasteiger partial charge in [-0.1, -0.05) is 6.92 Å². The van der Waals surface area contributed by atoms with Crippen molar-refractivity contribution >= 4 is 48.8 Å². The highest BCUT2D eigenvalue weighted by Crippen LogP contribution is 2.30. The summed E-state index contributed by atoms with van der Waals surface area (Å²) in [6.45, 7) is 2.37. The molecule has 5 nitrogen and oxygen atoms in total. The van der Waals surface area contributed by atoms with Gasteiger partial charge in [0, 0.05) is 17.7 Å². The SMILES string of the molecule is CCc1cc2c(NCCS(C)(=O)=O)nc(Cl)nc2s1. The molecule has 0 spiro atoms. The highest BCUT2D eigenvalue weighted by Gasteiger charge is 2.11. The Bertz CT molecular complexity index is 697. The van der Waals surface area contributed by atoms with Gasteiger partial charge in [0.1, 0.15) is 20.5 Å². The number of sulfone groups is 1. The molecule has 0 aromatic carbocycles. The first-order valence-electron chi connectivity index (χ1n) is 5.76. The molecule has 0 aliphatic heterocycles. The smallest absolute Gasteiger partial charge is 0.225 e. The van der Waals surface area contributed by atoms with E-state index in [0.29, 0.717) is 12.4 Å². The van der Waals surface area contributed by atoms with Crippen LogP contribution in [0.25, 0.3) is 10.2 Å². The zero-order chi connectivity index (χ0) is 14.0. The van der Waals surface area contributed by atoms with Gasteiger partial charge in [-0.05, 0) is 24.1 Å². The first-order chi connectivity index (χ1) is 8.89. The van der Waals surface area contributed by atoms with Gasteiger partial charge in [0.25, 0.3) is 0 Å². The van der Waals surface area contributed by atoms with Crippen LogP contribution in [0.5, 0.6) is 0 Å². The number of anilines is 1. The maximum Gasteiger partial charge on any atom is 0.225 e. The van der Waals surface area contributed by atoms with E-state index in [2.05, 4.69) is 22.2 Å². The predicted molar refractivity (Wildman–Crippen MR) is 80.0 cm³/mol. The Hall–Kier alpha value is -0.920. The number of aryl methyl sites for hydroxylation is 1. The topological polar surface area (TPSA) is 72.0 Å². The predicted octanol–water partition coefficient (Wildman–Crippen LogP) is 2.36. The third-order valence-corrected chi connectivity index (χ3v) is 4.82. The molecule has 2 heterocycles. The third kappa shape index (κ3) is 3.77. The Morgan fingerprint density at radius 1 is 1.42 bits per heavy atom. The summed E-state index contributed by atoms with van der Waals surface area (Å²) >= 11 is 7.44. The molecule has 2 rings (SSSR count). The van der Waals surface area contributed by atoms with Crippen LogP contribution in [0.1, 0.15) is 11.8 Å². The molecule has 0 unspecified atom stereocenters. The van der Waals surface area contributed by atoms with Crippen molar-refractivity contribution in [3.63, 3.8) is 0 Å². The van der Waals surface area contributed by atoms with Crippen LogP contribution in [0, 0.1) is 0 Å². The van der Waals surface area contributed by atoms with E-state index in [1.807, 2.05) is 6.07 Å². The average molecular weight is 320 g/mol. The van der Waals surface area contributed by atoms with Crippen molar-refractivity contribution in [1.82, 2.24) is 9.97 Å². The number of halogens is 1. The van der Waals surface area contributed by atoms with Crippen molar-refractivity contribution in [1.29, 1.82) is 0 Å². The number of rotatable bonds is 5. The molecule has 1 N–H and O–H groups in total. The van der Waals surface area contributed by atoms with E-state index in [9.17, 15) is 8.42 Å². The molecule has 19 heavy (non-hydrogen) atoms. The molecule has 0 fully saturated rings. The first kappa shape index (κ1) is 14.5. The quantitative estimate of drug-likeness (QED) is 0.857. The maximum atomic E-state index is 11.1. The lowest BCUT2D eigenvalue weighted by molar-refractivity contribution is 0.602. The fourth-order valence-corrected chi connectivity index (χ4v) is 3.27. The Kier molecular flexibility index (Phi) is 4.27. The largest absolute Gasteiger partial charge is 0.368 e. The van der Waals surface area contributed by atoms with Crippen LogP contribution < -0.4 is 5.32 Å².